The van der Waals surface area contributed by atoms with Crippen molar-refractivity contribution in [2.75, 3.05) is 14.2 Å². The Labute approximate surface area is 125 Å². The molecule has 0 bridgehead atoms. The first-order valence-electron chi connectivity index (χ1n) is 6.85. The molecule has 0 saturated heterocycles. The second kappa shape index (κ2) is 6.55. The molecule has 0 spiro atoms. The number of rotatable bonds is 5. The molecule has 21 heavy (non-hydrogen) atoms. The molecule has 2 aromatic carbocycles. The van der Waals surface area contributed by atoms with E-state index in [1.54, 1.807) is 14.2 Å². The molecule has 110 valence electrons. The van der Waals surface area contributed by atoms with E-state index in [9.17, 15) is 4.79 Å². The Bertz CT molecular complexity index is 632. The van der Waals surface area contributed by atoms with Crippen LogP contribution in [0.5, 0.6) is 5.75 Å². The van der Waals surface area contributed by atoms with Crippen LogP contribution in [0.1, 0.15) is 33.2 Å². The van der Waals surface area contributed by atoms with Gasteiger partial charge in [-0.15, -0.1) is 0 Å². The van der Waals surface area contributed by atoms with Gasteiger partial charge in [0.1, 0.15) is 11.9 Å². The van der Waals surface area contributed by atoms with Crippen molar-refractivity contribution in [1.82, 2.24) is 0 Å². The molecule has 2 aromatic rings. The fourth-order valence-corrected chi connectivity index (χ4v) is 2.44. The average molecular weight is 284 g/mol. The van der Waals surface area contributed by atoms with Crippen molar-refractivity contribution in [3.63, 3.8) is 0 Å². The average Bonchev–Trinajstić information content (AvgIpc) is 2.50. The zero-order valence-corrected chi connectivity index (χ0v) is 12.8. The van der Waals surface area contributed by atoms with Crippen LogP contribution in [0.25, 0.3) is 0 Å². The largest absolute Gasteiger partial charge is 0.496 e. The number of methoxy groups -OCH3 is 2. The molecule has 0 aliphatic carbocycles. The Morgan fingerprint density at radius 1 is 1.00 bits per heavy atom. The molecule has 1 atom stereocenters. The lowest BCUT2D eigenvalue weighted by Crippen LogP contribution is -2.16. The molecule has 3 heteroatoms. The predicted octanol–water partition coefficient (Wildman–Crippen LogP) is 3.88. The van der Waals surface area contributed by atoms with Crippen LogP contribution < -0.4 is 4.74 Å². The minimum Gasteiger partial charge on any atom is -0.496 e. The summed E-state index contributed by atoms with van der Waals surface area (Å²) in [4.78, 5) is 12.8. The Morgan fingerprint density at radius 2 is 1.67 bits per heavy atom. The number of hydrogen-bond acceptors (Lipinski definition) is 3. The Hall–Kier alpha value is -2.13. The van der Waals surface area contributed by atoms with Crippen molar-refractivity contribution in [3.05, 3.63) is 64.7 Å². The third-order valence-electron chi connectivity index (χ3n) is 3.58. The van der Waals surface area contributed by atoms with E-state index in [0.717, 1.165) is 22.4 Å². The third kappa shape index (κ3) is 3.14. The molecule has 0 aliphatic rings. The van der Waals surface area contributed by atoms with Gasteiger partial charge >= 0.3 is 0 Å². The zero-order chi connectivity index (χ0) is 15.4. The molecular formula is C18H20O3. The van der Waals surface area contributed by atoms with E-state index in [0.29, 0.717) is 5.56 Å². The second-order valence-electron chi connectivity index (χ2n) is 5.03. The molecule has 0 aromatic heterocycles. The molecule has 0 radical (unpaired) electrons. The van der Waals surface area contributed by atoms with Crippen molar-refractivity contribution in [3.8, 4) is 5.75 Å². The first-order valence-corrected chi connectivity index (χ1v) is 6.85. The highest BCUT2D eigenvalue weighted by Gasteiger charge is 2.23. The fraction of sp³-hybridized carbons (Fsp3) is 0.278. The molecule has 2 rings (SSSR count). The lowest BCUT2D eigenvalue weighted by Gasteiger charge is -2.17. The van der Waals surface area contributed by atoms with Gasteiger partial charge in [-0.1, -0.05) is 30.3 Å². The minimum atomic E-state index is -0.585. The Kier molecular flexibility index (Phi) is 4.76. The van der Waals surface area contributed by atoms with Crippen LogP contribution in [0.3, 0.4) is 0 Å². The number of ether oxygens (including phenoxy) is 2. The number of benzene rings is 2. The van der Waals surface area contributed by atoms with Crippen molar-refractivity contribution in [2.45, 2.75) is 20.0 Å². The summed E-state index contributed by atoms with van der Waals surface area (Å²) < 4.78 is 10.7. The van der Waals surface area contributed by atoms with Gasteiger partial charge in [-0.2, -0.15) is 0 Å². The van der Waals surface area contributed by atoms with E-state index in [1.807, 2.05) is 56.3 Å². The van der Waals surface area contributed by atoms with Gasteiger partial charge in [0.15, 0.2) is 5.78 Å². The van der Waals surface area contributed by atoms with Gasteiger partial charge in [-0.25, -0.2) is 0 Å². The summed E-state index contributed by atoms with van der Waals surface area (Å²) in [5.74, 6) is 0.754. The van der Waals surface area contributed by atoms with Gasteiger partial charge in [-0.05, 0) is 42.7 Å². The van der Waals surface area contributed by atoms with Crippen LogP contribution in [-0.4, -0.2) is 20.0 Å². The predicted molar refractivity (Wildman–Crippen MR) is 83.0 cm³/mol. The van der Waals surface area contributed by atoms with Gasteiger partial charge in [0.05, 0.1) is 7.11 Å². The van der Waals surface area contributed by atoms with Gasteiger partial charge < -0.3 is 9.47 Å². The maximum Gasteiger partial charge on any atom is 0.196 e. The summed E-state index contributed by atoms with van der Waals surface area (Å²) in [5.41, 5.74) is 3.36. The zero-order valence-electron chi connectivity index (χ0n) is 12.8. The first kappa shape index (κ1) is 15.3. The highest BCUT2D eigenvalue weighted by Crippen LogP contribution is 2.28. The Morgan fingerprint density at radius 3 is 2.24 bits per heavy atom. The Balaban J connectivity index is 2.41. The number of Topliss-reactive ketones (excluding diaryl/α,β-unsaturated/α-hetero) is 1. The maximum absolute atomic E-state index is 12.8. The molecule has 0 N–H and O–H groups in total. The topological polar surface area (TPSA) is 35.5 Å². The van der Waals surface area contributed by atoms with Gasteiger partial charge in [0.2, 0.25) is 0 Å². The number of hydrogen-bond donors (Lipinski definition) is 0. The summed E-state index contributed by atoms with van der Waals surface area (Å²) in [6.07, 6.45) is -0.585. The number of carbonyl (C=O) groups is 1. The van der Waals surface area contributed by atoms with Gasteiger partial charge in [0.25, 0.3) is 0 Å². The molecule has 0 fully saturated rings. The van der Waals surface area contributed by atoms with E-state index in [2.05, 4.69) is 0 Å². The molecule has 0 aliphatic heterocycles. The molecule has 0 amide bonds. The monoisotopic (exact) mass is 284 g/mol. The first-order chi connectivity index (χ1) is 10.1. The molecule has 3 nitrogen and oxygen atoms in total. The molecule has 1 unspecified atom stereocenters. The van der Waals surface area contributed by atoms with Crippen LogP contribution in [0.15, 0.2) is 42.5 Å². The van der Waals surface area contributed by atoms with Crippen molar-refractivity contribution >= 4 is 5.78 Å². The minimum absolute atomic E-state index is 0.0352. The van der Waals surface area contributed by atoms with Crippen molar-refractivity contribution in [1.29, 1.82) is 0 Å². The van der Waals surface area contributed by atoms with Crippen molar-refractivity contribution in [2.24, 2.45) is 0 Å². The van der Waals surface area contributed by atoms with Crippen LogP contribution in [0.4, 0.5) is 0 Å². The van der Waals surface area contributed by atoms with E-state index >= 15 is 0 Å². The smallest absolute Gasteiger partial charge is 0.196 e. The summed E-state index contributed by atoms with van der Waals surface area (Å²) in [7, 11) is 3.19. The SMILES string of the molecule is COc1cc(C)c(C(=O)C(OC)c2ccccc2)cc1C. The summed E-state index contributed by atoms with van der Waals surface area (Å²) >= 11 is 0. The lowest BCUT2D eigenvalue weighted by molar-refractivity contribution is 0.0603. The standard InChI is InChI=1S/C18H20O3/c1-12-11-16(20-3)13(2)10-15(12)17(19)18(21-4)14-8-6-5-7-9-14/h5-11,18H,1-4H3. The van der Waals surface area contributed by atoms with E-state index in [-0.39, 0.29) is 5.78 Å². The third-order valence-corrected chi connectivity index (χ3v) is 3.58. The molecular weight excluding hydrogens is 264 g/mol. The van der Waals surface area contributed by atoms with E-state index < -0.39 is 6.10 Å². The summed E-state index contributed by atoms with van der Waals surface area (Å²) in [6.45, 7) is 3.84. The van der Waals surface area contributed by atoms with Crippen LogP contribution in [-0.2, 0) is 4.74 Å². The second-order valence-corrected chi connectivity index (χ2v) is 5.03. The van der Waals surface area contributed by atoms with Crippen LogP contribution >= 0.6 is 0 Å². The van der Waals surface area contributed by atoms with Crippen LogP contribution in [0.2, 0.25) is 0 Å². The highest BCUT2D eigenvalue weighted by atomic mass is 16.5. The van der Waals surface area contributed by atoms with Crippen LogP contribution in [0, 0.1) is 13.8 Å². The van der Waals surface area contributed by atoms with Gasteiger partial charge in [-0.3, -0.25) is 4.79 Å². The summed E-state index contributed by atoms with van der Waals surface area (Å²) in [6, 6.07) is 13.3. The number of ketones is 1. The van der Waals surface area contributed by atoms with Gasteiger partial charge in [0, 0.05) is 12.7 Å². The van der Waals surface area contributed by atoms with Crippen molar-refractivity contribution < 1.29 is 14.3 Å². The molecule has 0 heterocycles. The fourth-order valence-electron chi connectivity index (χ4n) is 2.44. The lowest BCUT2D eigenvalue weighted by atomic mass is 9.95. The van der Waals surface area contributed by atoms with E-state index in [4.69, 9.17) is 9.47 Å². The summed E-state index contributed by atoms with van der Waals surface area (Å²) in [5, 5.41) is 0. The molecule has 0 saturated carbocycles. The van der Waals surface area contributed by atoms with E-state index in [1.165, 1.54) is 0 Å². The quantitative estimate of drug-likeness (QED) is 0.782. The highest BCUT2D eigenvalue weighted by molar-refractivity contribution is 6.01. The maximum atomic E-state index is 12.8. The normalized spacial score (nSPS) is 12.0. The number of carbonyl (C=O) groups excluding carboxylic acids is 1. The number of aryl methyl sites for hydroxylation is 2.